The molecule has 0 unspecified atom stereocenters. The molecule has 1 saturated carbocycles. The maximum atomic E-state index is 12.7. The molecule has 0 atom stereocenters. The SMILES string of the molecule is O=C([O-])c1ccc(C2CC2)c(C(F)(F)F)c1. The number of hydrogen-bond donors (Lipinski definition) is 0. The molecule has 0 amide bonds. The zero-order valence-electron chi connectivity index (χ0n) is 8.17. The summed E-state index contributed by atoms with van der Waals surface area (Å²) >= 11 is 0. The van der Waals surface area contributed by atoms with E-state index in [1.165, 1.54) is 6.07 Å². The molecule has 86 valence electrons. The van der Waals surface area contributed by atoms with Gasteiger partial charge in [-0.1, -0.05) is 12.1 Å². The lowest BCUT2D eigenvalue weighted by atomic mass is 10.00. The third-order valence-corrected chi connectivity index (χ3v) is 2.61. The quantitative estimate of drug-likeness (QED) is 0.777. The normalized spacial score (nSPS) is 16.2. The van der Waals surface area contributed by atoms with Crippen molar-refractivity contribution in [3.63, 3.8) is 0 Å². The number of rotatable bonds is 2. The molecule has 0 bridgehead atoms. The third-order valence-electron chi connectivity index (χ3n) is 2.61. The molecule has 1 fully saturated rings. The van der Waals surface area contributed by atoms with E-state index in [1.807, 2.05) is 0 Å². The summed E-state index contributed by atoms with van der Waals surface area (Å²) in [6.07, 6.45) is -3.05. The van der Waals surface area contributed by atoms with Crippen LogP contribution in [0.1, 0.15) is 40.2 Å². The van der Waals surface area contributed by atoms with E-state index in [0.29, 0.717) is 6.07 Å². The highest BCUT2D eigenvalue weighted by molar-refractivity contribution is 5.86. The molecule has 1 aromatic rings. The average molecular weight is 229 g/mol. The fourth-order valence-corrected chi connectivity index (χ4v) is 1.68. The lowest BCUT2D eigenvalue weighted by Crippen LogP contribution is -2.23. The van der Waals surface area contributed by atoms with Gasteiger partial charge in [0, 0.05) is 0 Å². The van der Waals surface area contributed by atoms with Gasteiger partial charge in [-0.2, -0.15) is 13.2 Å². The Hall–Kier alpha value is -1.52. The predicted octanol–water partition coefficient (Wildman–Crippen LogP) is 1.95. The molecule has 0 spiro atoms. The van der Waals surface area contributed by atoms with E-state index in [0.717, 1.165) is 18.9 Å². The van der Waals surface area contributed by atoms with Gasteiger partial charge in [-0.05, 0) is 36.0 Å². The first kappa shape index (κ1) is 11.0. The van der Waals surface area contributed by atoms with E-state index >= 15 is 0 Å². The predicted molar refractivity (Wildman–Crippen MR) is 47.7 cm³/mol. The molecule has 1 aliphatic carbocycles. The summed E-state index contributed by atoms with van der Waals surface area (Å²) in [4.78, 5) is 10.5. The van der Waals surface area contributed by atoms with Gasteiger partial charge in [-0.15, -0.1) is 0 Å². The van der Waals surface area contributed by atoms with Gasteiger partial charge < -0.3 is 9.90 Å². The molecule has 2 rings (SSSR count). The van der Waals surface area contributed by atoms with Gasteiger partial charge in [0.05, 0.1) is 11.5 Å². The minimum absolute atomic E-state index is 0.0765. The second kappa shape index (κ2) is 3.50. The Balaban J connectivity index is 2.51. The number of carbonyl (C=O) groups is 1. The second-order valence-corrected chi connectivity index (χ2v) is 3.86. The van der Waals surface area contributed by atoms with Crippen molar-refractivity contribution in [2.75, 3.05) is 0 Å². The Morgan fingerprint density at radius 2 is 1.94 bits per heavy atom. The minimum Gasteiger partial charge on any atom is -0.545 e. The smallest absolute Gasteiger partial charge is 0.416 e. The molecule has 2 nitrogen and oxygen atoms in total. The standard InChI is InChI=1S/C11H9F3O2/c12-11(13,14)9-5-7(10(15)16)3-4-8(9)6-1-2-6/h3-6H,1-2H2,(H,15,16)/p-1. The number of aromatic carboxylic acids is 1. The maximum absolute atomic E-state index is 12.7. The Morgan fingerprint density at radius 3 is 2.38 bits per heavy atom. The van der Waals surface area contributed by atoms with Crippen molar-refractivity contribution in [3.05, 3.63) is 34.9 Å². The summed E-state index contributed by atoms with van der Waals surface area (Å²) in [5.74, 6) is -1.67. The van der Waals surface area contributed by atoms with Crippen molar-refractivity contribution < 1.29 is 23.1 Å². The van der Waals surface area contributed by atoms with E-state index in [2.05, 4.69) is 0 Å². The van der Waals surface area contributed by atoms with Crippen LogP contribution in [0.25, 0.3) is 0 Å². The van der Waals surface area contributed by atoms with E-state index in [9.17, 15) is 23.1 Å². The van der Waals surface area contributed by atoms with Crippen LogP contribution < -0.4 is 5.11 Å². The van der Waals surface area contributed by atoms with Crippen LogP contribution in [-0.2, 0) is 6.18 Å². The summed E-state index contributed by atoms with van der Waals surface area (Å²) in [6, 6.07) is 3.06. The molecule has 1 aromatic carbocycles. The molecule has 0 N–H and O–H groups in total. The highest BCUT2D eigenvalue weighted by atomic mass is 19.4. The van der Waals surface area contributed by atoms with Crippen molar-refractivity contribution in [3.8, 4) is 0 Å². The van der Waals surface area contributed by atoms with Crippen LogP contribution in [0.4, 0.5) is 13.2 Å². The Labute approximate surface area is 89.7 Å². The topological polar surface area (TPSA) is 40.1 Å². The largest absolute Gasteiger partial charge is 0.545 e. The number of benzene rings is 1. The maximum Gasteiger partial charge on any atom is 0.416 e. The van der Waals surface area contributed by atoms with Gasteiger partial charge in [0.25, 0.3) is 0 Å². The van der Waals surface area contributed by atoms with Crippen molar-refractivity contribution in [2.45, 2.75) is 24.9 Å². The van der Waals surface area contributed by atoms with Crippen molar-refractivity contribution in [2.24, 2.45) is 0 Å². The first-order chi connectivity index (χ1) is 7.39. The van der Waals surface area contributed by atoms with E-state index in [1.54, 1.807) is 0 Å². The number of alkyl halides is 3. The lowest BCUT2D eigenvalue weighted by Gasteiger charge is -2.14. The third kappa shape index (κ3) is 2.03. The van der Waals surface area contributed by atoms with Gasteiger partial charge in [0.15, 0.2) is 0 Å². The van der Waals surface area contributed by atoms with Crippen LogP contribution in [-0.4, -0.2) is 5.97 Å². The molecular weight excluding hydrogens is 221 g/mol. The lowest BCUT2D eigenvalue weighted by molar-refractivity contribution is -0.255. The highest BCUT2D eigenvalue weighted by Crippen LogP contribution is 2.45. The van der Waals surface area contributed by atoms with Crippen LogP contribution in [0, 0.1) is 0 Å². The second-order valence-electron chi connectivity index (χ2n) is 3.86. The molecule has 0 aliphatic heterocycles. The molecule has 0 aromatic heterocycles. The molecule has 0 saturated heterocycles. The zero-order chi connectivity index (χ0) is 11.9. The summed E-state index contributed by atoms with van der Waals surface area (Å²) in [5.41, 5.74) is -1.09. The monoisotopic (exact) mass is 229 g/mol. The Kier molecular flexibility index (Phi) is 2.40. The Morgan fingerprint density at radius 1 is 1.31 bits per heavy atom. The Bertz CT molecular complexity index is 433. The number of carboxylic acids is 1. The van der Waals surface area contributed by atoms with E-state index in [4.69, 9.17) is 0 Å². The first-order valence-electron chi connectivity index (χ1n) is 4.82. The number of halogens is 3. The van der Waals surface area contributed by atoms with Crippen LogP contribution in [0.15, 0.2) is 18.2 Å². The van der Waals surface area contributed by atoms with Gasteiger partial charge in [-0.25, -0.2) is 0 Å². The zero-order valence-corrected chi connectivity index (χ0v) is 8.17. The first-order valence-corrected chi connectivity index (χ1v) is 4.82. The summed E-state index contributed by atoms with van der Waals surface area (Å²) < 4.78 is 38.0. The summed E-state index contributed by atoms with van der Waals surface area (Å²) in [5, 5.41) is 10.5. The van der Waals surface area contributed by atoms with Crippen LogP contribution in [0.5, 0.6) is 0 Å². The molecule has 1 aliphatic rings. The average Bonchev–Trinajstić information content (AvgIpc) is 2.98. The number of hydrogen-bond acceptors (Lipinski definition) is 2. The minimum atomic E-state index is -4.51. The van der Waals surface area contributed by atoms with Gasteiger partial charge >= 0.3 is 6.18 Å². The molecule has 0 radical (unpaired) electrons. The van der Waals surface area contributed by atoms with Crippen molar-refractivity contribution in [1.29, 1.82) is 0 Å². The van der Waals surface area contributed by atoms with Crippen LogP contribution in [0.2, 0.25) is 0 Å². The number of carbonyl (C=O) groups excluding carboxylic acids is 1. The van der Waals surface area contributed by atoms with E-state index < -0.39 is 23.3 Å². The molecule has 0 heterocycles. The van der Waals surface area contributed by atoms with Crippen LogP contribution in [0.3, 0.4) is 0 Å². The van der Waals surface area contributed by atoms with Gasteiger partial charge in [-0.3, -0.25) is 0 Å². The van der Waals surface area contributed by atoms with Crippen molar-refractivity contribution in [1.82, 2.24) is 0 Å². The summed E-state index contributed by atoms with van der Waals surface area (Å²) in [6.45, 7) is 0. The molecular formula is C11H8F3O2-. The molecule has 5 heteroatoms. The van der Waals surface area contributed by atoms with Crippen LogP contribution >= 0.6 is 0 Å². The van der Waals surface area contributed by atoms with E-state index in [-0.39, 0.29) is 11.5 Å². The summed E-state index contributed by atoms with van der Waals surface area (Å²) in [7, 11) is 0. The fourth-order valence-electron chi connectivity index (χ4n) is 1.68. The van der Waals surface area contributed by atoms with Crippen molar-refractivity contribution >= 4 is 5.97 Å². The van der Waals surface area contributed by atoms with Gasteiger partial charge in [0.2, 0.25) is 0 Å². The fraction of sp³-hybridized carbons (Fsp3) is 0.364. The number of carboxylic acid groups (broad SMARTS) is 1. The molecule has 16 heavy (non-hydrogen) atoms. The van der Waals surface area contributed by atoms with Gasteiger partial charge in [0.1, 0.15) is 0 Å². The highest BCUT2D eigenvalue weighted by Gasteiger charge is 2.38.